The highest BCUT2D eigenvalue weighted by Crippen LogP contribution is 2.23. The number of carbonyl (C=O) groups excluding carboxylic acids is 1. The Balaban J connectivity index is 1.89. The smallest absolute Gasteiger partial charge is 0.308 e. The molecule has 1 fully saturated rings. The number of carboxylic acid groups (broad SMARTS) is 1. The quantitative estimate of drug-likeness (QED) is 0.791. The predicted octanol–water partition coefficient (Wildman–Crippen LogP) is 3.32. The molecule has 0 aliphatic heterocycles. The molecule has 1 unspecified atom stereocenters. The molecule has 1 amide bonds. The zero-order valence-corrected chi connectivity index (χ0v) is 13.9. The Kier molecular flexibility index (Phi) is 6.63. The maximum Gasteiger partial charge on any atom is 0.308 e. The van der Waals surface area contributed by atoms with Crippen molar-refractivity contribution in [2.75, 3.05) is 6.54 Å². The first-order chi connectivity index (χ1) is 11.1. The Bertz CT molecular complexity index is 533. The van der Waals surface area contributed by atoms with Gasteiger partial charge in [0.05, 0.1) is 5.92 Å². The van der Waals surface area contributed by atoms with Crippen molar-refractivity contribution in [2.24, 2.45) is 11.8 Å². The maximum atomic E-state index is 12.3. The fraction of sp³-hybridized carbons (Fsp3) is 0.579. The van der Waals surface area contributed by atoms with Gasteiger partial charge in [-0.25, -0.2) is 0 Å². The van der Waals surface area contributed by atoms with Crippen molar-refractivity contribution in [3.8, 4) is 0 Å². The van der Waals surface area contributed by atoms with E-state index in [1.807, 2.05) is 31.2 Å². The van der Waals surface area contributed by atoms with Gasteiger partial charge >= 0.3 is 5.97 Å². The number of amides is 1. The summed E-state index contributed by atoms with van der Waals surface area (Å²) in [6.45, 7) is 2.20. The molecule has 0 saturated heterocycles. The summed E-state index contributed by atoms with van der Waals surface area (Å²) in [7, 11) is 0. The van der Waals surface area contributed by atoms with Gasteiger partial charge in [0.25, 0.3) is 0 Å². The van der Waals surface area contributed by atoms with Crippen molar-refractivity contribution in [1.82, 2.24) is 5.32 Å². The molecular formula is C19H27NO3. The third-order valence-electron chi connectivity index (χ3n) is 4.66. The van der Waals surface area contributed by atoms with Crippen molar-refractivity contribution in [3.05, 3.63) is 35.4 Å². The van der Waals surface area contributed by atoms with E-state index < -0.39 is 11.9 Å². The molecule has 1 aromatic rings. The van der Waals surface area contributed by atoms with Gasteiger partial charge in [0.1, 0.15) is 0 Å². The molecule has 1 aliphatic rings. The zero-order valence-electron chi connectivity index (χ0n) is 13.9. The summed E-state index contributed by atoms with van der Waals surface area (Å²) in [6.07, 6.45) is 6.92. The summed E-state index contributed by atoms with van der Waals surface area (Å²) in [5, 5.41) is 12.3. The van der Waals surface area contributed by atoms with Crippen LogP contribution in [0.1, 0.15) is 49.7 Å². The van der Waals surface area contributed by atoms with Gasteiger partial charge in [-0.15, -0.1) is 0 Å². The van der Waals surface area contributed by atoms with E-state index in [9.17, 15) is 14.7 Å². The monoisotopic (exact) mass is 317 g/mol. The van der Waals surface area contributed by atoms with Gasteiger partial charge in [-0.3, -0.25) is 9.59 Å². The van der Waals surface area contributed by atoms with Gasteiger partial charge in [-0.1, -0.05) is 55.5 Å². The average Bonchev–Trinajstić information content (AvgIpc) is 2.80. The lowest BCUT2D eigenvalue weighted by molar-refractivity contribution is -0.141. The lowest BCUT2D eigenvalue weighted by atomic mass is 9.96. The highest BCUT2D eigenvalue weighted by atomic mass is 16.4. The van der Waals surface area contributed by atoms with Crippen LogP contribution in [0, 0.1) is 18.8 Å². The Morgan fingerprint density at radius 2 is 1.91 bits per heavy atom. The summed E-state index contributed by atoms with van der Waals surface area (Å²) in [4.78, 5) is 23.8. The van der Waals surface area contributed by atoms with E-state index >= 15 is 0 Å². The van der Waals surface area contributed by atoms with Gasteiger partial charge in [-0.05, 0) is 31.7 Å². The molecule has 0 radical (unpaired) electrons. The number of benzene rings is 1. The average molecular weight is 317 g/mol. The third kappa shape index (κ3) is 5.70. The zero-order chi connectivity index (χ0) is 16.7. The molecule has 0 bridgehead atoms. The van der Waals surface area contributed by atoms with Crippen LogP contribution in [0.2, 0.25) is 0 Å². The molecule has 23 heavy (non-hydrogen) atoms. The number of nitrogens with one attached hydrogen (secondary N) is 1. The first kappa shape index (κ1) is 17.5. The van der Waals surface area contributed by atoms with Crippen molar-refractivity contribution < 1.29 is 14.7 Å². The van der Waals surface area contributed by atoms with Crippen LogP contribution in [0.4, 0.5) is 0 Å². The molecule has 0 heterocycles. The van der Waals surface area contributed by atoms with E-state index in [0.717, 1.165) is 36.8 Å². The van der Waals surface area contributed by atoms with E-state index in [4.69, 9.17) is 0 Å². The van der Waals surface area contributed by atoms with Gasteiger partial charge in [-0.2, -0.15) is 0 Å². The van der Waals surface area contributed by atoms with E-state index in [2.05, 4.69) is 5.32 Å². The van der Waals surface area contributed by atoms with E-state index in [-0.39, 0.29) is 18.4 Å². The van der Waals surface area contributed by atoms with Crippen molar-refractivity contribution in [1.29, 1.82) is 0 Å². The topological polar surface area (TPSA) is 66.4 Å². The van der Waals surface area contributed by atoms with Gasteiger partial charge in [0.2, 0.25) is 5.91 Å². The van der Waals surface area contributed by atoms with Gasteiger partial charge in [0.15, 0.2) is 0 Å². The highest BCUT2D eigenvalue weighted by Gasteiger charge is 2.23. The molecule has 1 aromatic carbocycles. The van der Waals surface area contributed by atoms with Crippen LogP contribution in [-0.4, -0.2) is 23.5 Å². The van der Waals surface area contributed by atoms with Crippen LogP contribution in [0.5, 0.6) is 0 Å². The normalized spacial score (nSPS) is 17.3. The van der Waals surface area contributed by atoms with Gasteiger partial charge in [0, 0.05) is 12.5 Å². The minimum Gasteiger partial charge on any atom is -0.481 e. The number of hydrogen-bond donors (Lipinski definition) is 2. The molecule has 1 atom stereocenters. The Hall–Kier alpha value is -1.84. The molecule has 0 spiro atoms. The molecule has 0 aromatic heterocycles. The van der Waals surface area contributed by atoms with Crippen LogP contribution in [-0.2, 0) is 16.0 Å². The lowest BCUT2D eigenvalue weighted by Crippen LogP contribution is -2.37. The minimum atomic E-state index is -0.854. The molecule has 2 N–H and O–H groups in total. The molecule has 126 valence electrons. The summed E-state index contributed by atoms with van der Waals surface area (Å²) >= 11 is 0. The number of rotatable bonds is 6. The van der Waals surface area contributed by atoms with Crippen LogP contribution in [0.15, 0.2) is 24.3 Å². The second-order valence-electron chi connectivity index (χ2n) is 6.66. The first-order valence-corrected chi connectivity index (χ1v) is 8.62. The number of carboxylic acids is 1. The number of aryl methyl sites for hydroxylation is 1. The first-order valence-electron chi connectivity index (χ1n) is 8.62. The summed E-state index contributed by atoms with van der Waals surface area (Å²) < 4.78 is 0. The van der Waals surface area contributed by atoms with Crippen LogP contribution < -0.4 is 5.32 Å². The maximum absolute atomic E-state index is 12.3. The summed E-state index contributed by atoms with van der Waals surface area (Å²) in [5.74, 6) is -1.34. The standard InChI is InChI=1S/C19H27NO3/c1-14-7-6-8-15(11-14)12-17(19(22)23)13-20-18(21)16-9-4-2-3-5-10-16/h6-8,11,16-17H,2-5,9-10,12-13H2,1H3,(H,20,21)(H,22,23). The molecule has 1 aliphatic carbocycles. The Labute approximate surface area is 138 Å². The fourth-order valence-electron chi connectivity index (χ4n) is 3.28. The number of carbonyl (C=O) groups is 2. The van der Waals surface area contributed by atoms with Crippen LogP contribution >= 0.6 is 0 Å². The molecule has 4 nitrogen and oxygen atoms in total. The van der Waals surface area contributed by atoms with E-state index in [0.29, 0.717) is 6.42 Å². The summed E-state index contributed by atoms with van der Waals surface area (Å²) in [6, 6.07) is 7.87. The largest absolute Gasteiger partial charge is 0.481 e. The molecule has 2 rings (SSSR count). The molecular weight excluding hydrogens is 290 g/mol. The Morgan fingerprint density at radius 3 is 2.52 bits per heavy atom. The predicted molar refractivity (Wildman–Crippen MR) is 90.2 cm³/mol. The van der Waals surface area contributed by atoms with E-state index in [1.165, 1.54) is 12.8 Å². The molecule has 1 saturated carbocycles. The second kappa shape index (κ2) is 8.70. The van der Waals surface area contributed by atoms with Crippen LogP contribution in [0.25, 0.3) is 0 Å². The minimum absolute atomic E-state index is 0.0300. The van der Waals surface area contributed by atoms with Crippen molar-refractivity contribution in [2.45, 2.75) is 51.9 Å². The number of aliphatic carboxylic acids is 1. The summed E-state index contributed by atoms with van der Waals surface area (Å²) in [5.41, 5.74) is 2.12. The van der Waals surface area contributed by atoms with E-state index in [1.54, 1.807) is 0 Å². The SMILES string of the molecule is Cc1cccc(CC(CNC(=O)C2CCCCCC2)C(=O)O)c1. The van der Waals surface area contributed by atoms with Crippen molar-refractivity contribution in [3.63, 3.8) is 0 Å². The van der Waals surface area contributed by atoms with Crippen LogP contribution in [0.3, 0.4) is 0 Å². The lowest BCUT2D eigenvalue weighted by Gasteiger charge is -2.17. The molecule has 4 heteroatoms. The van der Waals surface area contributed by atoms with Crippen molar-refractivity contribution >= 4 is 11.9 Å². The Morgan fingerprint density at radius 1 is 1.22 bits per heavy atom. The van der Waals surface area contributed by atoms with Gasteiger partial charge < -0.3 is 10.4 Å². The fourth-order valence-corrected chi connectivity index (χ4v) is 3.28. The third-order valence-corrected chi connectivity index (χ3v) is 4.66. The second-order valence-corrected chi connectivity index (χ2v) is 6.66. The number of hydrogen-bond acceptors (Lipinski definition) is 2. The highest BCUT2D eigenvalue weighted by molar-refractivity contribution is 5.79.